The van der Waals surface area contributed by atoms with Crippen molar-refractivity contribution in [3.63, 3.8) is 0 Å². The number of nitrogens with one attached hydrogen (secondary N) is 1. The maximum absolute atomic E-state index is 12.6. The molecule has 0 spiro atoms. The summed E-state index contributed by atoms with van der Waals surface area (Å²) < 4.78 is 14.0. The van der Waals surface area contributed by atoms with Crippen molar-refractivity contribution in [2.45, 2.75) is 57.7 Å². The monoisotopic (exact) mass is 375 g/mol. The zero-order valence-electron chi connectivity index (χ0n) is 13.7. The largest absolute Gasteiger partial charge is 0.341 e. The van der Waals surface area contributed by atoms with E-state index in [0.29, 0.717) is 25.9 Å². The number of rotatable bonds is 7. The Balaban J connectivity index is 2.86. The van der Waals surface area contributed by atoms with Gasteiger partial charge in [-0.1, -0.05) is 0 Å². The molecule has 0 saturated carbocycles. The number of hydrogen-bond donors (Lipinski definition) is 3. The minimum atomic E-state index is -3.72. The van der Waals surface area contributed by atoms with Crippen molar-refractivity contribution in [1.29, 1.82) is 0 Å². The summed E-state index contributed by atoms with van der Waals surface area (Å²) >= 11 is 11.4. The van der Waals surface area contributed by atoms with E-state index in [4.69, 9.17) is 23.2 Å². The van der Waals surface area contributed by atoms with Gasteiger partial charge in [-0.25, -0.2) is 9.76 Å². The number of halogens is 2. The molecule has 132 valence electrons. The Morgan fingerprint density at radius 1 is 1.18 bits per heavy atom. The number of piperidine rings is 1. The SMILES string of the molecule is CC1(C)CC(NP(=O)(O)N(CCCl)CCCl)CC(C)(C)N1O. The molecule has 22 heavy (non-hydrogen) atoms. The first-order chi connectivity index (χ1) is 9.96. The average molecular weight is 376 g/mol. The second-order valence-corrected chi connectivity index (χ2v) is 9.71. The molecular formula is C13H28Cl2N3O3P. The average Bonchev–Trinajstić information content (AvgIpc) is 2.34. The minimum Gasteiger partial charge on any atom is -0.322 e. The molecular weight excluding hydrogens is 348 g/mol. The van der Waals surface area contributed by atoms with Gasteiger partial charge in [0.25, 0.3) is 0 Å². The van der Waals surface area contributed by atoms with Crippen LogP contribution in [-0.2, 0) is 4.57 Å². The molecule has 0 aromatic carbocycles. The third kappa shape index (κ3) is 5.05. The fraction of sp³-hybridized carbons (Fsp3) is 1.00. The lowest BCUT2D eigenvalue weighted by atomic mass is 9.79. The van der Waals surface area contributed by atoms with Gasteiger partial charge in [-0.15, -0.1) is 23.2 Å². The molecule has 1 aliphatic heterocycles. The third-order valence-electron chi connectivity index (χ3n) is 4.06. The molecule has 6 nitrogen and oxygen atoms in total. The molecule has 0 aromatic heterocycles. The Kier molecular flexibility index (Phi) is 7.19. The van der Waals surface area contributed by atoms with Crippen LogP contribution in [0.2, 0.25) is 0 Å². The molecule has 9 heteroatoms. The lowest BCUT2D eigenvalue weighted by molar-refractivity contribution is -0.245. The van der Waals surface area contributed by atoms with Gasteiger partial charge in [-0.05, 0) is 40.5 Å². The Morgan fingerprint density at radius 3 is 1.95 bits per heavy atom. The first-order valence-electron chi connectivity index (χ1n) is 7.43. The molecule has 1 saturated heterocycles. The quantitative estimate of drug-likeness (QED) is 0.469. The second kappa shape index (κ2) is 7.66. The van der Waals surface area contributed by atoms with E-state index in [1.54, 1.807) is 0 Å². The highest BCUT2D eigenvalue weighted by atomic mass is 35.5. The van der Waals surface area contributed by atoms with Crippen molar-refractivity contribution in [3.05, 3.63) is 0 Å². The van der Waals surface area contributed by atoms with Crippen molar-refractivity contribution in [2.24, 2.45) is 0 Å². The van der Waals surface area contributed by atoms with Crippen LogP contribution in [-0.4, -0.2) is 61.8 Å². The number of hydrogen-bond acceptors (Lipinski definition) is 3. The summed E-state index contributed by atoms with van der Waals surface area (Å²) in [6.07, 6.45) is 1.13. The van der Waals surface area contributed by atoms with Crippen LogP contribution in [0.1, 0.15) is 40.5 Å². The van der Waals surface area contributed by atoms with E-state index in [2.05, 4.69) is 5.09 Å². The van der Waals surface area contributed by atoms with Crippen LogP contribution >= 0.6 is 30.9 Å². The first kappa shape index (κ1) is 20.7. The second-order valence-electron chi connectivity index (χ2n) is 7.05. The van der Waals surface area contributed by atoms with Gasteiger partial charge in [0, 0.05) is 42.0 Å². The van der Waals surface area contributed by atoms with E-state index in [0.717, 1.165) is 0 Å². The molecule has 1 rings (SSSR count). The Hall–Kier alpha value is 0.610. The smallest absolute Gasteiger partial charge is 0.322 e. The summed E-state index contributed by atoms with van der Waals surface area (Å²) in [6.45, 7) is 8.25. The van der Waals surface area contributed by atoms with Crippen LogP contribution in [0.4, 0.5) is 0 Å². The normalized spacial score (nSPS) is 25.3. The molecule has 1 aliphatic rings. The van der Waals surface area contributed by atoms with Gasteiger partial charge in [0.2, 0.25) is 0 Å². The summed E-state index contributed by atoms with van der Waals surface area (Å²) in [6, 6.07) is -0.183. The first-order valence-corrected chi connectivity index (χ1v) is 10.1. The number of alkyl halides is 2. The van der Waals surface area contributed by atoms with Crippen molar-refractivity contribution in [2.75, 3.05) is 24.8 Å². The van der Waals surface area contributed by atoms with Crippen molar-refractivity contribution in [1.82, 2.24) is 14.8 Å². The summed E-state index contributed by atoms with van der Waals surface area (Å²) in [7, 11) is -3.72. The predicted molar refractivity (Wildman–Crippen MR) is 90.8 cm³/mol. The summed E-state index contributed by atoms with van der Waals surface area (Å²) in [5.41, 5.74) is -0.966. The predicted octanol–water partition coefficient (Wildman–Crippen LogP) is 2.87. The lowest BCUT2D eigenvalue weighted by Crippen LogP contribution is -2.62. The maximum Gasteiger partial charge on any atom is 0.341 e. The standard InChI is InChI=1S/C13H28Cl2N3O3P/c1-12(2)9-11(10-13(3,4)18(12)19)16-22(20,21)17(7-5-14)8-6-15/h11,19H,5-10H2,1-4H3,(H2,16,20,21). The van der Waals surface area contributed by atoms with Crippen LogP contribution in [0.5, 0.6) is 0 Å². The topological polar surface area (TPSA) is 76.0 Å². The van der Waals surface area contributed by atoms with E-state index >= 15 is 0 Å². The number of hydroxylamine groups is 2. The van der Waals surface area contributed by atoms with Crippen molar-refractivity contribution >= 4 is 30.9 Å². The van der Waals surface area contributed by atoms with Crippen LogP contribution in [0, 0.1) is 0 Å². The van der Waals surface area contributed by atoms with E-state index in [9.17, 15) is 14.7 Å². The van der Waals surface area contributed by atoms with Crippen molar-refractivity contribution in [3.8, 4) is 0 Å². The van der Waals surface area contributed by atoms with Crippen LogP contribution in [0.15, 0.2) is 0 Å². The van der Waals surface area contributed by atoms with E-state index in [1.165, 1.54) is 9.73 Å². The summed E-state index contributed by atoms with van der Waals surface area (Å²) in [4.78, 5) is 10.4. The highest BCUT2D eigenvalue weighted by Gasteiger charge is 2.46. The minimum absolute atomic E-state index is 0.183. The lowest BCUT2D eigenvalue weighted by Gasteiger charge is -2.52. The molecule has 3 N–H and O–H groups in total. The van der Waals surface area contributed by atoms with Crippen LogP contribution < -0.4 is 5.09 Å². The maximum atomic E-state index is 12.6. The molecule has 1 heterocycles. The fourth-order valence-corrected chi connectivity index (χ4v) is 5.47. The molecule has 0 aliphatic carbocycles. The van der Waals surface area contributed by atoms with Gasteiger partial charge < -0.3 is 10.1 Å². The van der Waals surface area contributed by atoms with E-state index in [1.807, 2.05) is 27.7 Å². The fourth-order valence-electron chi connectivity index (χ4n) is 3.26. The third-order valence-corrected chi connectivity index (χ3v) is 6.26. The Labute approximate surface area is 143 Å². The molecule has 1 fully saturated rings. The molecule has 0 aromatic rings. The van der Waals surface area contributed by atoms with Gasteiger partial charge >= 0.3 is 7.67 Å². The van der Waals surface area contributed by atoms with Crippen LogP contribution in [0.3, 0.4) is 0 Å². The van der Waals surface area contributed by atoms with Crippen molar-refractivity contribution < 1.29 is 14.7 Å². The van der Waals surface area contributed by atoms with E-state index in [-0.39, 0.29) is 17.8 Å². The van der Waals surface area contributed by atoms with Gasteiger partial charge in [-0.3, -0.25) is 4.57 Å². The molecule has 1 atom stereocenters. The highest BCUT2D eigenvalue weighted by Crippen LogP contribution is 2.45. The molecule has 0 bridgehead atoms. The summed E-state index contributed by atoms with van der Waals surface area (Å²) in [5, 5.41) is 14.5. The van der Waals surface area contributed by atoms with Gasteiger partial charge in [0.05, 0.1) is 0 Å². The number of nitrogens with zero attached hydrogens (tertiary/aromatic N) is 2. The van der Waals surface area contributed by atoms with Crippen LogP contribution in [0.25, 0.3) is 0 Å². The van der Waals surface area contributed by atoms with Gasteiger partial charge in [-0.2, -0.15) is 5.06 Å². The molecule has 0 amide bonds. The highest BCUT2D eigenvalue weighted by molar-refractivity contribution is 7.53. The zero-order valence-corrected chi connectivity index (χ0v) is 16.1. The zero-order chi connectivity index (χ0) is 17.2. The molecule has 1 unspecified atom stereocenters. The summed E-state index contributed by atoms with van der Waals surface area (Å²) in [5.74, 6) is 0.518. The van der Waals surface area contributed by atoms with Gasteiger partial charge in [0.15, 0.2) is 0 Å². The van der Waals surface area contributed by atoms with Gasteiger partial charge in [0.1, 0.15) is 0 Å². The molecule has 0 radical (unpaired) electrons. The Bertz CT molecular complexity index is 399. The van der Waals surface area contributed by atoms with E-state index < -0.39 is 18.7 Å². The Morgan fingerprint density at radius 2 is 1.59 bits per heavy atom.